The summed E-state index contributed by atoms with van der Waals surface area (Å²) < 4.78 is 57.6. The third-order valence-electron chi connectivity index (χ3n) is 5.55. The number of alkyl halides is 1. The number of halogens is 2. The lowest BCUT2D eigenvalue weighted by atomic mass is 10.1. The third-order valence-corrected chi connectivity index (χ3v) is 7.43. The molecule has 0 unspecified atom stereocenters. The van der Waals surface area contributed by atoms with Gasteiger partial charge >= 0.3 is 0 Å². The Morgan fingerprint density at radius 3 is 2.62 bits per heavy atom. The normalized spacial score (nSPS) is 19.9. The first-order valence-corrected chi connectivity index (χ1v) is 11.7. The molecule has 3 heterocycles. The van der Waals surface area contributed by atoms with E-state index in [1.165, 1.54) is 22.8 Å². The summed E-state index contributed by atoms with van der Waals surface area (Å²) in [7, 11) is -3.77. The van der Waals surface area contributed by atoms with Crippen molar-refractivity contribution in [2.45, 2.75) is 43.3 Å². The van der Waals surface area contributed by atoms with E-state index in [4.69, 9.17) is 6.42 Å². The Labute approximate surface area is 185 Å². The van der Waals surface area contributed by atoms with Gasteiger partial charge in [0.2, 0.25) is 16.0 Å². The monoisotopic (exact) mass is 459 g/mol. The minimum Gasteiger partial charge on any atom is -0.347 e. The van der Waals surface area contributed by atoms with Gasteiger partial charge in [-0.25, -0.2) is 26.7 Å². The molecule has 32 heavy (non-hydrogen) atoms. The van der Waals surface area contributed by atoms with Crippen LogP contribution >= 0.6 is 0 Å². The molecule has 2 atom stereocenters. The largest absolute Gasteiger partial charge is 0.347 e. The Kier molecular flexibility index (Phi) is 5.88. The quantitative estimate of drug-likeness (QED) is 0.593. The molecule has 4 rings (SSSR count). The summed E-state index contributed by atoms with van der Waals surface area (Å²) in [5.74, 6) is 1.82. The smallest absolute Gasteiger partial charge is 0.243 e. The summed E-state index contributed by atoms with van der Waals surface area (Å²) in [4.78, 5) is 4.24. The Morgan fingerprint density at radius 1 is 1.28 bits per heavy atom. The number of nitrogens with one attached hydrogen (secondary N) is 1. The van der Waals surface area contributed by atoms with Crippen LogP contribution in [0.15, 0.2) is 41.4 Å². The fraction of sp³-hybridized carbons (Fsp3) is 0.364. The number of benzene rings is 1. The second-order valence-electron chi connectivity index (χ2n) is 7.98. The zero-order chi connectivity index (χ0) is 23.0. The number of nitrogens with zero attached hydrogens (tertiary/aromatic N) is 4. The lowest BCUT2D eigenvalue weighted by Gasteiger charge is -2.34. The van der Waals surface area contributed by atoms with E-state index in [2.05, 4.69) is 21.3 Å². The van der Waals surface area contributed by atoms with Gasteiger partial charge < -0.3 is 5.32 Å². The number of aromatic nitrogens is 3. The van der Waals surface area contributed by atoms with Crippen molar-refractivity contribution in [2.75, 3.05) is 18.4 Å². The van der Waals surface area contributed by atoms with Crippen molar-refractivity contribution in [3.63, 3.8) is 0 Å². The molecule has 0 saturated carbocycles. The minimum absolute atomic E-state index is 0.0962. The highest BCUT2D eigenvalue weighted by atomic mass is 32.2. The zero-order valence-corrected chi connectivity index (χ0v) is 18.5. The van der Waals surface area contributed by atoms with E-state index < -0.39 is 28.1 Å². The maximum Gasteiger partial charge on any atom is 0.243 e. The Hall–Kier alpha value is -3.03. The Balaban J connectivity index is 1.55. The molecule has 1 fully saturated rings. The molecule has 1 N–H and O–H groups in total. The van der Waals surface area contributed by atoms with Crippen LogP contribution in [0.3, 0.4) is 0 Å². The average Bonchev–Trinajstić information content (AvgIpc) is 3.07. The lowest BCUT2D eigenvalue weighted by Crippen LogP contribution is -2.50. The van der Waals surface area contributed by atoms with Gasteiger partial charge in [0.15, 0.2) is 5.82 Å². The summed E-state index contributed by atoms with van der Waals surface area (Å²) in [6.07, 6.45) is 5.53. The maximum atomic E-state index is 15.0. The van der Waals surface area contributed by atoms with Gasteiger partial charge in [-0.1, -0.05) is 38.0 Å². The van der Waals surface area contributed by atoms with Crippen LogP contribution in [0.2, 0.25) is 0 Å². The summed E-state index contributed by atoms with van der Waals surface area (Å²) in [5, 5.41) is 7.26. The maximum absolute atomic E-state index is 15.0. The van der Waals surface area contributed by atoms with Gasteiger partial charge in [-0.2, -0.15) is 4.31 Å². The third kappa shape index (κ3) is 3.82. The van der Waals surface area contributed by atoms with Crippen molar-refractivity contribution in [2.24, 2.45) is 0 Å². The van der Waals surface area contributed by atoms with Crippen LogP contribution in [0.5, 0.6) is 0 Å². The molecule has 2 aromatic heterocycles. The van der Waals surface area contributed by atoms with Gasteiger partial charge in [-0.15, -0.1) is 11.5 Å². The van der Waals surface area contributed by atoms with Crippen LogP contribution in [0, 0.1) is 18.2 Å². The molecule has 1 aliphatic heterocycles. The predicted molar refractivity (Wildman–Crippen MR) is 117 cm³/mol. The first kappa shape index (κ1) is 22.2. The summed E-state index contributed by atoms with van der Waals surface area (Å²) in [6.45, 7) is 3.61. The standard InChI is InChI=1S/C22H23F2N5O2S/c1-4-16-20(24)19-12-25-22(27-29(19)21(16)14(2)3)26-18-10-11-28(13-17(18)23)32(30,31)15-8-6-5-7-9-15/h1,5-9,12,14,17-18H,10-11,13H2,2-3H3,(H,26,27)/t17-,18-/m1/s1. The molecule has 7 nitrogen and oxygen atoms in total. The summed E-state index contributed by atoms with van der Waals surface area (Å²) >= 11 is 0. The molecule has 0 bridgehead atoms. The molecule has 10 heteroatoms. The molecule has 3 aromatic rings. The van der Waals surface area contributed by atoms with Gasteiger partial charge in [0.05, 0.1) is 28.4 Å². The van der Waals surface area contributed by atoms with Crippen molar-refractivity contribution >= 4 is 21.5 Å². The second kappa shape index (κ2) is 8.48. The first-order valence-electron chi connectivity index (χ1n) is 10.2. The SMILES string of the molecule is C#Cc1c(F)c2cnc(N[C@@H]3CCN(S(=O)(=O)c4ccccc4)C[C@H]3F)nn2c1C(C)C. The van der Waals surface area contributed by atoms with E-state index >= 15 is 0 Å². The average molecular weight is 460 g/mol. The van der Waals surface area contributed by atoms with Crippen molar-refractivity contribution < 1.29 is 17.2 Å². The minimum atomic E-state index is -3.77. The van der Waals surface area contributed by atoms with E-state index in [0.717, 1.165) is 4.31 Å². The van der Waals surface area contributed by atoms with Crippen molar-refractivity contribution in [3.05, 3.63) is 53.6 Å². The van der Waals surface area contributed by atoms with Crippen LogP contribution in [-0.2, 0) is 10.0 Å². The fourth-order valence-electron chi connectivity index (χ4n) is 3.93. The van der Waals surface area contributed by atoms with Crippen LogP contribution < -0.4 is 5.32 Å². The van der Waals surface area contributed by atoms with Crippen LogP contribution in [0.1, 0.15) is 37.4 Å². The number of sulfonamides is 1. The number of hydrogen-bond donors (Lipinski definition) is 1. The number of piperidine rings is 1. The van der Waals surface area contributed by atoms with Crippen LogP contribution in [-0.4, -0.2) is 52.6 Å². The Morgan fingerprint density at radius 2 is 2.00 bits per heavy atom. The molecular formula is C22H23F2N5O2S. The molecule has 168 valence electrons. The van der Waals surface area contributed by atoms with E-state index in [1.807, 2.05) is 13.8 Å². The van der Waals surface area contributed by atoms with Crippen molar-refractivity contribution in [1.82, 2.24) is 18.9 Å². The van der Waals surface area contributed by atoms with Crippen LogP contribution in [0.25, 0.3) is 5.52 Å². The van der Waals surface area contributed by atoms with Gasteiger partial charge in [0, 0.05) is 13.1 Å². The highest BCUT2D eigenvalue weighted by Gasteiger charge is 2.36. The van der Waals surface area contributed by atoms with Crippen molar-refractivity contribution in [3.8, 4) is 12.3 Å². The molecular weight excluding hydrogens is 436 g/mol. The number of fused-ring (bicyclic) bond motifs is 1. The lowest BCUT2D eigenvalue weighted by molar-refractivity contribution is 0.185. The summed E-state index contributed by atoms with van der Waals surface area (Å²) in [6, 6.07) is 7.26. The van der Waals surface area contributed by atoms with E-state index in [1.54, 1.807) is 18.2 Å². The molecule has 1 aliphatic rings. The van der Waals surface area contributed by atoms with Crippen molar-refractivity contribution in [1.29, 1.82) is 0 Å². The molecule has 0 aliphatic carbocycles. The van der Waals surface area contributed by atoms with Gasteiger partial charge in [0.25, 0.3) is 0 Å². The molecule has 0 spiro atoms. The number of anilines is 1. The highest BCUT2D eigenvalue weighted by Crippen LogP contribution is 2.28. The Bertz CT molecular complexity index is 1290. The van der Waals surface area contributed by atoms with Crippen LogP contribution in [0.4, 0.5) is 14.7 Å². The fourth-order valence-corrected chi connectivity index (χ4v) is 5.42. The predicted octanol–water partition coefficient (Wildman–Crippen LogP) is 3.19. The number of rotatable bonds is 5. The molecule has 1 saturated heterocycles. The van der Waals surface area contributed by atoms with E-state index in [-0.39, 0.29) is 47.4 Å². The number of hydrogen-bond acceptors (Lipinski definition) is 5. The topological polar surface area (TPSA) is 79.6 Å². The van der Waals surface area contributed by atoms with Gasteiger partial charge in [-0.3, -0.25) is 0 Å². The van der Waals surface area contributed by atoms with Gasteiger partial charge in [-0.05, 0) is 24.5 Å². The summed E-state index contributed by atoms with van der Waals surface area (Å²) in [5.41, 5.74) is 0.813. The number of terminal acetylenes is 1. The van der Waals surface area contributed by atoms with Gasteiger partial charge in [0.1, 0.15) is 11.7 Å². The van der Waals surface area contributed by atoms with E-state index in [9.17, 15) is 17.2 Å². The first-order chi connectivity index (χ1) is 15.2. The van der Waals surface area contributed by atoms with E-state index in [0.29, 0.717) is 5.69 Å². The second-order valence-corrected chi connectivity index (χ2v) is 9.92. The molecule has 1 aromatic carbocycles. The highest BCUT2D eigenvalue weighted by molar-refractivity contribution is 7.89. The molecule has 0 amide bonds. The zero-order valence-electron chi connectivity index (χ0n) is 17.7. The molecule has 0 radical (unpaired) electrons.